The topological polar surface area (TPSA) is 49.3 Å². The van der Waals surface area contributed by atoms with E-state index >= 15 is 0 Å². The van der Waals surface area contributed by atoms with Crippen LogP contribution >= 0.6 is 0 Å². The van der Waals surface area contributed by atoms with Crippen LogP contribution in [0.15, 0.2) is 84.1 Å². The lowest BCUT2D eigenvalue weighted by Crippen LogP contribution is -2.30. The summed E-state index contributed by atoms with van der Waals surface area (Å²) in [4.78, 5) is 8.84. The van der Waals surface area contributed by atoms with Crippen molar-refractivity contribution in [3.8, 4) is 0 Å². The van der Waals surface area contributed by atoms with E-state index in [2.05, 4.69) is 70.2 Å². The van der Waals surface area contributed by atoms with Gasteiger partial charge in [-0.25, -0.2) is 0 Å². The Bertz CT molecular complexity index is 859. The molecule has 2 heterocycles. The van der Waals surface area contributed by atoms with Gasteiger partial charge in [0.1, 0.15) is 0 Å². The second-order valence-electron chi connectivity index (χ2n) is 6.07. The molecule has 1 aromatic heterocycles. The van der Waals surface area contributed by atoms with Crippen LogP contribution in [0.3, 0.4) is 0 Å². The second-order valence-corrected chi connectivity index (χ2v) is 6.07. The first-order valence-corrected chi connectivity index (χ1v) is 8.48. The minimum atomic E-state index is 0.255. The van der Waals surface area contributed by atoms with Gasteiger partial charge in [-0.3, -0.25) is 9.98 Å². The Morgan fingerprint density at radius 1 is 0.920 bits per heavy atom. The van der Waals surface area contributed by atoms with Crippen molar-refractivity contribution < 1.29 is 0 Å². The number of nitrogens with zero attached hydrogens (tertiary/aromatic N) is 2. The molecule has 0 saturated carbocycles. The normalized spacial score (nSPS) is 16.2. The summed E-state index contributed by atoms with van der Waals surface area (Å²) in [7, 11) is 0. The van der Waals surface area contributed by atoms with Crippen molar-refractivity contribution in [1.29, 1.82) is 0 Å². The number of anilines is 1. The molecule has 124 valence electrons. The number of hydrogen-bond donors (Lipinski definition) is 2. The molecular formula is C21H20N4. The van der Waals surface area contributed by atoms with E-state index in [0.717, 1.165) is 11.6 Å². The highest BCUT2D eigenvalue weighted by atomic mass is 15.2. The zero-order valence-electron chi connectivity index (χ0n) is 13.9. The van der Waals surface area contributed by atoms with E-state index < -0.39 is 0 Å². The minimum absolute atomic E-state index is 0.255. The van der Waals surface area contributed by atoms with E-state index in [1.54, 1.807) is 12.4 Å². The molecule has 0 radical (unpaired) electrons. The Kier molecular flexibility index (Phi) is 4.42. The third kappa shape index (κ3) is 3.53. The third-order valence-electron chi connectivity index (χ3n) is 4.43. The van der Waals surface area contributed by atoms with Gasteiger partial charge in [0, 0.05) is 30.5 Å². The standard InChI is InChI=1S/C21H20N4/c1-2-6-17(7-3-1)19-15-24-21(23-14-16-10-12-22-13-11-16)25-20-9-5-4-8-18(19)20/h1-13,19H,14-15H2,(H2,23,24,25). The Hall–Kier alpha value is -3.14. The molecule has 4 nitrogen and oxygen atoms in total. The number of rotatable bonds is 3. The van der Waals surface area contributed by atoms with E-state index in [4.69, 9.17) is 4.99 Å². The molecule has 0 aliphatic carbocycles. The van der Waals surface area contributed by atoms with Crippen molar-refractivity contribution >= 4 is 11.6 Å². The van der Waals surface area contributed by atoms with Crippen LogP contribution in [0.25, 0.3) is 0 Å². The number of guanidine groups is 1. The highest BCUT2D eigenvalue weighted by Gasteiger charge is 2.20. The Morgan fingerprint density at radius 3 is 2.52 bits per heavy atom. The fraction of sp³-hybridized carbons (Fsp3) is 0.143. The minimum Gasteiger partial charge on any atom is -0.352 e. The third-order valence-corrected chi connectivity index (χ3v) is 4.43. The molecule has 1 aliphatic rings. The molecule has 0 bridgehead atoms. The first-order valence-electron chi connectivity index (χ1n) is 8.48. The van der Waals surface area contributed by atoms with Crippen LogP contribution in [0.1, 0.15) is 22.6 Å². The predicted molar refractivity (Wildman–Crippen MR) is 102 cm³/mol. The van der Waals surface area contributed by atoms with Gasteiger partial charge in [0.2, 0.25) is 0 Å². The van der Waals surface area contributed by atoms with E-state index in [9.17, 15) is 0 Å². The maximum absolute atomic E-state index is 4.79. The summed E-state index contributed by atoms with van der Waals surface area (Å²) in [5, 5.41) is 6.85. The van der Waals surface area contributed by atoms with E-state index in [-0.39, 0.29) is 5.92 Å². The number of benzene rings is 2. The fourth-order valence-corrected chi connectivity index (χ4v) is 3.12. The maximum Gasteiger partial charge on any atom is 0.196 e. The van der Waals surface area contributed by atoms with Crippen LogP contribution < -0.4 is 10.6 Å². The van der Waals surface area contributed by atoms with Crippen LogP contribution in [0.4, 0.5) is 5.69 Å². The highest BCUT2D eigenvalue weighted by molar-refractivity contribution is 5.95. The number of aliphatic imine (C=N–C) groups is 1. The predicted octanol–water partition coefficient (Wildman–Crippen LogP) is 3.78. The summed E-state index contributed by atoms with van der Waals surface area (Å²) in [5.41, 5.74) is 4.85. The molecule has 1 unspecified atom stereocenters. The molecule has 3 aromatic rings. The van der Waals surface area contributed by atoms with Crippen LogP contribution in [0, 0.1) is 0 Å². The molecule has 4 rings (SSSR count). The van der Waals surface area contributed by atoms with Gasteiger partial charge < -0.3 is 10.6 Å². The molecule has 25 heavy (non-hydrogen) atoms. The highest BCUT2D eigenvalue weighted by Crippen LogP contribution is 2.32. The average molecular weight is 328 g/mol. The summed E-state index contributed by atoms with van der Waals surface area (Å²) >= 11 is 0. The SMILES string of the molecule is c1ccc(C2CN=C(NCc3ccncc3)Nc3ccccc32)cc1. The van der Waals surface area contributed by atoms with Crippen LogP contribution in [0.2, 0.25) is 0 Å². The van der Waals surface area contributed by atoms with Gasteiger partial charge in [-0.15, -0.1) is 0 Å². The molecule has 0 saturated heterocycles. The monoisotopic (exact) mass is 328 g/mol. The lowest BCUT2D eigenvalue weighted by molar-refractivity contribution is 0.817. The van der Waals surface area contributed by atoms with E-state index in [1.807, 2.05) is 12.1 Å². The van der Waals surface area contributed by atoms with Crippen molar-refractivity contribution in [1.82, 2.24) is 10.3 Å². The summed E-state index contributed by atoms with van der Waals surface area (Å²) in [6.07, 6.45) is 3.61. The lowest BCUT2D eigenvalue weighted by Gasteiger charge is -2.17. The number of para-hydroxylation sites is 1. The number of aromatic nitrogens is 1. The van der Waals surface area contributed by atoms with Crippen molar-refractivity contribution in [2.24, 2.45) is 4.99 Å². The summed E-state index contributed by atoms with van der Waals surface area (Å²) in [5.74, 6) is 1.06. The molecule has 2 N–H and O–H groups in total. The second kappa shape index (κ2) is 7.18. The Balaban J connectivity index is 1.59. The molecule has 2 aromatic carbocycles. The van der Waals surface area contributed by atoms with E-state index in [0.29, 0.717) is 13.1 Å². The number of nitrogens with one attached hydrogen (secondary N) is 2. The zero-order valence-corrected chi connectivity index (χ0v) is 13.9. The molecule has 0 fully saturated rings. The number of fused-ring (bicyclic) bond motifs is 1. The summed E-state index contributed by atoms with van der Waals surface area (Å²) in [6.45, 7) is 1.43. The fourth-order valence-electron chi connectivity index (χ4n) is 3.12. The van der Waals surface area contributed by atoms with Gasteiger partial charge in [0.15, 0.2) is 5.96 Å². The first-order chi connectivity index (χ1) is 12.4. The molecular weight excluding hydrogens is 308 g/mol. The van der Waals surface area contributed by atoms with Crippen molar-refractivity contribution in [3.63, 3.8) is 0 Å². The molecule has 4 heteroatoms. The molecule has 0 spiro atoms. The quantitative estimate of drug-likeness (QED) is 0.769. The molecule has 0 amide bonds. The van der Waals surface area contributed by atoms with Gasteiger partial charge in [0.25, 0.3) is 0 Å². The Morgan fingerprint density at radius 2 is 1.68 bits per heavy atom. The van der Waals surface area contributed by atoms with Gasteiger partial charge in [-0.1, -0.05) is 48.5 Å². The van der Waals surface area contributed by atoms with Crippen LogP contribution in [-0.2, 0) is 6.54 Å². The zero-order chi connectivity index (χ0) is 16.9. The molecule has 1 atom stereocenters. The lowest BCUT2D eigenvalue weighted by atomic mass is 9.90. The largest absolute Gasteiger partial charge is 0.352 e. The first kappa shape index (κ1) is 15.4. The average Bonchev–Trinajstić information content (AvgIpc) is 2.87. The van der Waals surface area contributed by atoms with Gasteiger partial charge >= 0.3 is 0 Å². The summed E-state index contributed by atoms with van der Waals surface area (Å²) in [6, 6.07) is 23.0. The smallest absolute Gasteiger partial charge is 0.196 e. The summed E-state index contributed by atoms with van der Waals surface area (Å²) < 4.78 is 0. The number of pyridine rings is 1. The maximum atomic E-state index is 4.79. The Labute approximate surface area is 147 Å². The van der Waals surface area contributed by atoms with E-state index in [1.165, 1.54) is 16.7 Å². The van der Waals surface area contributed by atoms with Crippen molar-refractivity contribution in [3.05, 3.63) is 95.8 Å². The van der Waals surface area contributed by atoms with Gasteiger partial charge in [-0.05, 0) is 34.9 Å². The van der Waals surface area contributed by atoms with Gasteiger partial charge in [-0.2, -0.15) is 0 Å². The molecule has 1 aliphatic heterocycles. The van der Waals surface area contributed by atoms with Crippen molar-refractivity contribution in [2.75, 3.05) is 11.9 Å². The number of hydrogen-bond acceptors (Lipinski definition) is 4. The van der Waals surface area contributed by atoms with Crippen LogP contribution in [-0.4, -0.2) is 17.5 Å². The van der Waals surface area contributed by atoms with Crippen molar-refractivity contribution in [2.45, 2.75) is 12.5 Å². The van der Waals surface area contributed by atoms with Gasteiger partial charge in [0.05, 0.1) is 6.54 Å². The van der Waals surface area contributed by atoms with Crippen LogP contribution in [0.5, 0.6) is 0 Å².